The highest BCUT2D eigenvalue weighted by Gasteiger charge is 2.04. The van der Waals surface area contributed by atoms with Gasteiger partial charge < -0.3 is 10.1 Å². The number of alkyl halides is 1. The molecular formula is C10H16ClN3O. The van der Waals surface area contributed by atoms with E-state index in [2.05, 4.69) is 15.3 Å². The Labute approximate surface area is 95.0 Å². The van der Waals surface area contributed by atoms with Crippen molar-refractivity contribution in [2.75, 3.05) is 17.8 Å². The lowest BCUT2D eigenvalue weighted by Gasteiger charge is -2.12. The average molecular weight is 230 g/mol. The lowest BCUT2D eigenvalue weighted by Crippen LogP contribution is -2.17. The molecule has 5 heteroatoms. The SMILES string of the molecule is CCOc1ccnc(NC(C)CCCl)n1. The van der Waals surface area contributed by atoms with Gasteiger partial charge in [-0.1, -0.05) is 0 Å². The van der Waals surface area contributed by atoms with Crippen molar-refractivity contribution in [3.05, 3.63) is 12.3 Å². The van der Waals surface area contributed by atoms with Crippen molar-refractivity contribution in [3.8, 4) is 5.88 Å². The second-order valence-electron chi connectivity index (χ2n) is 3.17. The van der Waals surface area contributed by atoms with Crippen LogP contribution in [0.5, 0.6) is 5.88 Å². The lowest BCUT2D eigenvalue weighted by molar-refractivity contribution is 0.326. The molecule has 0 aliphatic heterocycles. The second kappa shape index (κ2) is 6.45. The number of nitrogens with one attached hydrogen (secondary N) is 1. The first-order valence-electron chi connectivity index (χ1n) is 5.04. The molecule has 0 saturated carbocycles. The third-order valence-corrected chi connectivity index (χ3v) is 2.06. The van der Waals surface area contributed by atoms with Gasteiger partial charge in [0.05, 0.1) is 6.61 Å². The van der Waals surface area contributed by atoms with Crippen LogP contribution in [0.4, 0.5) is 5.95 Å². The summed E-state index contributed by atoms with van der Waals surface area (Å²) < 4.78 is 5.27. The summed E-state index contributed by atoms with van der Waals surface area (Å²) in [5.74, 6) is 1.80. The molecule has 0 amide bonds. The van der Waals surface area contributed by atoms with Crippen LogP contribution < -0.4 is 10.1 Å². The third-order valence-electron chi connectivity index (χ3n) is 1.84. The predicted octanol–water partition coefficient (Wildman–Crippen LogP) is 2.30. The molecule has 0 aromatic carbocycles. The molecule has 1 aromatic rings. The summed E-state index contributed by atoms with van der Waals surface area (Å²) >= 11 is 5.64. The first kappa shape index (κ1) is 12.0. The van der Waals surface area contributed by atoms with E-state index < -0.39 is 0 Å². The molecule has 0 saturated heterocycles. The smallest absolute Gasteiger partial charge is 0.226 e. The first-order chi connectivity index (χ1) is 7.26. The van der Waals surface area contributed by atoms with Crippen LogP contribution in [0.1, 0.15) is 20.3 Å². The normalized spacial score (nSPS) is 12.2. The quantitative estimate of drug-likeness (QED) is 0.761. The molecule has 0 aliphatic rings. The van der Waals surface area contributed by atoms with Gasteiger partial charge in [-0.05, 0) is 20.3 Å². The van der Waals surface area contributed by atoms with Crippen molar-refractivity contribution in [1.82, 2.24) is 9.97 Å². The van der Waals surface area contributed by atoms with Crippen molar-refractivity contribution in [2.24, 2.45) is 0 Å². The molecule has 1 rings (SSSR count). The number of rotatable bonds is 6. The van der Waals surface area contributed by atoms with Gasteiger partial charge in [0.1, 0.15) is 0 Å². The van der Waals surface area contributed by atoms with Crippen molar-refractivity contribution in [3.63, 3.8) is 0 Å². The summed E-state index contributed by atoms with van der Waals surface area (Å²) in [5.41, 5.74) is 0. The van der Waals surface area contributed by atoms with Gasteiger partial charge in [0.15, 0.2) is 0 Å². The second-order valence-corrected chi connectivity index (χ2v) is 3.55. The summed E-state index contributed by atoms with van der Waals surface area (Å²) in [6, 6.07) is 2.00. The summed E-state index contributed by atoms with van der Waals surface area (Å²) in [5, 5.41) is 3.15. The van der Waals surface area contributed by atoms with Gasteiger partial charge in [-0.2, -0.15) is 4.98 Å². The van der Waals surface area contributed by atoms with Crippen LogP contribution in [0.15, 0.2) is 12.3 Å². The van der Waals surface area contributed by atoms with E-state index in [1.54, 1.807) is 12.3 Å². The number of hydrogen-bond donors (Lipinski definition) is 1. The number of halogens is 1. The Morgan fingerprint density at radius 2 is 2.40 bits per heavy atom. The molecular weight excluding hydrogens is 214 g/mol. The number of ether oxygens (including phenoxy) is 1. The van der Waals surface area contributed by atoms with Crippen LogP contribution in [-0.2, 0) is 0 Å². The van der Waals surface area contributed by atoms with Crippen molar-refractivity contribution in [1.29, 1.82) is 0 Å². The van der Waals surface area contributed by atoms with Gasteiger partial charge in [0, 0.05) is 24.2 Å². The van der Waals surface area contributed by atoms with Crippen LogP contribution in [-0.4, -0.2) is 28.5 Å². The summed E-state index contributed by atoms with van der Waals surface area (Å²) in [4.78, 5) is 8.30. The van der Waals surface area contributed by atoms with Gasteiger partial charge in [0.25, 0.3) is 0 Å². The van der Waals surface area contributed by atoms with E-state index in [-0.39, 0.29) is 6.04 Å². The van der Waals surface area contributed by atoms with E-state index in [4.69, 9.17) is 16.3 Å². The molecule has 1 aromatic heterocycles. The molecule has 0 aliphatic carbocycles. The Balaban J connectivity index is 2.56. The molecule has 1 atom stereocenters. The molecule has 1 N–H and O–H groups in total. The Bertz CT molecular complexity index is 296. The highest BCUT2D eigenvalue weighted by atomic mass is 35.5. The Hall–Kier alpha value is -1.03. The number of hydrogen-bond acceptors (Lipinski definition) is 4. The van der Waals surface area contributed by atoms with E-state index in [9.17, 15) is 0 Å². The van der Waals surface area contributed by atoms with Crippen LogP contribution in [0.2, 0.25) is 0 Å². The van der Waals surface area contributed by atoms with E-state index in [1.807, 2.05) is 13.8 Å². The van der Waals surface area contributed by atoms with Crippen LogP contribution in [0.3, 0.4) is 0 Å². The van der Waals surface area contributed by atoms with Gasteiger partial charge in [0.2, 0.25) is 11.8 Å². The van der Waals surface area contributed by atoms with E-state index in [0.29, 0.717) is 24.3 Å². The molecule has 0 fully saturated rings. The zero-order chi connectivity index (χ0) is 11.1. The minimum Gasteiger partial charge on any atom is -0.478 e. The number of aromatic nitrogens is 2. The average Bonchev–Trinajstić information content (AvgIpc) is 2.19. The molecule has 1 heterocycles. The largest absolute Gasteiger partial charge is 0.478 e. The van der Waals surface area contributed by atoms with E-state index in [0.717, 1.165) is 6.42 Å². The number of anilines is 1. The minimum atomic E-state index is 0.263. The third kappa shape index (κ3) is 4.34. The summed E-state index contributed by atoms with van der Waals surface area (Å²) in [6.45, 7) is 4.57. The van der Waals surface area contributed by atoms with Gasteiger partial charge in [-0.25, -0.2) is 4.98 Å². The van der Waals surface area contributed by atoms with Crippen molar-refractivity contribution < 1.29 is 4.74 Å². The fourth-order valence-corrected chi connectivity index (χ4v) is 1.42. The maximum atomic E-state index is 5.64. The monoisotopic (exact) mass is 229 g/mol. The van der Waals surface area contributed by atoms with E-state index in [1.165, 1.54) is 0 Å². The molecule has 0 spiro atoms. The van der Waals surface area contributed by atoms with Crippen molar-refractivity contribution in [2.45, 2.75) is 26.3 Å². The zero-order valence-electron chi connectivity index (χ0n) is 9.03. The predicted molar refractivity (Wildman–Crippen MR) is 61.6 cm³/mol. The molecule has 0 bridgehead atoms. The Kier molecular flexibility index (Phi) is 5.18. The van der Waals surface area contributed by atoms with Crippen LogP contribution in [0.25, 0.3) is 0 Å². The van der Waals surface area contributed by atoms with E-state index >= 15 is 0 Å². The topological polar surface area (TPSA) is 47.0 Å². The Morgan fingerprint density at radius 3 is 3.07 bits per heavy atom. The number of nitrogens with zero attached hydrogens (tertiary/aromatic N) is 2. The fraction of sp³-hybridized carbons (Fsp3) is 0.600. The summed E-state index contributed by atoms with van der Waals surface area (Å²) in [7, 11) is 0. The standard InChI is InChI=1S/C10H16ClN3O/c1-3-15-9-5-7-12-10(14-9)13-8(2)4-6-11/h5,7-8H,3-4,6H2,1-2H3,(H,12,13,14). The molecule has 1 unspecified atom stereocenters. The maximum absolute atomic E-state index is 5.64. The fourth-order valence-electron chi connectivity index (χ4n) is 1.10. The van der Waals surface area contributed by atoms with Crippen molar-refractivity contribution >= 4 is 17.5 Å². The first-order valence-corrected chi connectivity index (χ1v) is 5.58. The molecule has 4 nitrogen and oxygen atoms in total. The zero-order valence-corrected chi connectivity index (χ0v) is 9.79. The van der Waals surface area contributed by atoms with Crippen LogP contribution >= 0.6 is 11.6 Å². The molecule has 15 heavy (non-hydrogen) atoms. The maximum Gasteiger partial charge on any atom is 0.226 e. The Morgan fingerprint density at radius 1 is 1.60 bits per heavy atom. The molecule has 0 radical (unpaired) electrons. The highest BCUT2D eigenvalue weighted by molar-refractivity contribution is 6.17. The summed E-state index contributed by atoms with van der Waals surface area (Å²) in [6.07, 6.45) is 2.55. The van der Waals surface area contributed by atoms with Gasteiger partial charge in [-0.3, -0.25) is 0 Å². The van der Waals surface area contributed by atoms with Crippen LogP contribution in [0, 0.1) is 0 Å². The van der Waals surface area contributed by atoms with Gasteiger partial charge >= 0.3 is 0 Å². The van der Waals surface area contributed by atoms with Gasteiger partial charge in [-0.15, -0.1) is 11.6 Å². The lowest BCUT2D eigenvalue weighted by atomic mass is 10.3. The highest BCUT2D eigenvalue weighted by Crippen LogP contribution is 2.09. The minimum absolute atomic E-state index is 0.263. The molecule has 84 valence electrons.